The number of nitrogens with zero attached hydrogens (tertiary/aromatic N) is 1. The van der Waals surface area contributed by atoms with Crippen LogP contribution in [0.2, 0.25) is 0 Å². The molecule has 1 aliphatic rings. The van der Waals surface area contributed by atoms with Gasteiger partial charge in [0, 0.05) is 19.0 Å². The lowest BCUT2D eigenvalue weighted by Crippen LogP contribution is -2.34. The van der Waals surface area contributed by atoms with Gasteiger partial charge in [-0.05, 0) is 35.6 Å². The second-order valence-electron chi connectivity index (χ2n) is 6.09. The Balaban J connectivity index is 1.69. The molecule has 24 heavy (non-hydrogen) atoms. The van der Waals surface area contributed by atoms with E-state index in [1.165, 1.54) is 12.1 Å². The first-order valence-electron chi connectivity index (χ1n) is 7.98. The third-order valence-corrected chi connectivity index (χ3v) is 4.38. The SMILES string of the molecule is O=C(C1CC1c1ccc(F)c(F)c1)N(CCO)Cc1ccccc1. The van der Waals surface area contributed by atoms with Crippen LogP contribution in [0.15, 0.2) is 48.5 Å². The van der Waals surface area contributed by atoms with Crippen molar-refractivity contribution in [3.63, 3.8) is 0 Å². The smallest absolute Gasteiger partial charge is 0.226 e. The van der Waals surface area contributed by atoms with Gasteiger partial charge in [0.1, 0.15) is 0 Å². The Hall–Kier alpha value is -2.27. The fraction of sp³-hybridized carbons (Fsp3) is 0.316. The minimum absolute atomic E-state index is 0.0531. The van der Waals surface area contributed by atoms with Crippen molar-refractivity contribution in [2.45, 2.75) is 18.9 Å². The van der Waals surface area contributed by atoms with E-state index in [1.807, 2.05) is 30.3 Å². The Labute approximate surface area is 139 Å². The molecule has 2 atom stereocenters. The molecule has 2 unspecified atom stereocenters. The summed E-state index contributed by atoms with van der Waals surface area (Å²) in [5.41, 5.74) is 1.64. The van der Waals surface area contributed by atoms with E-state index in [4.69, 9.17) is 0 Å². The summed E-state index contributed by atoms with van der Waals surface area (Å²) in [6, 6.07) is 13.4. The van der Waals surface area contributed by atoms with Crippen molar-refractivity contribution in [2.24, 2.45) is 5.92 Å². The number of amides is 1. The summed E-state index contributed by atoms with van der Waals surface area (Å²) in [6.45, 7) is 0.580. The molecule has 0 aliphatic heterocycles. The van der Waals surface area contributed by atoms with Gasteiger partial charge in [0.25, 0.3) is 0 Å². The van der Waals surface area contributed by atoms with Gasteiger partial charge in [-0.3, -0.25) is 4.79 Å². The normalized spacial score (nSPS) is 19.1. The van der Waals surface area contributed by atoms with Gasteiger partial charge >= 0.3 is 0 Å². The third kappa shape index (κ3) is 3.62. The zero-order valence-corrected chi connectivity index (χ0v) is 13.2. The monoisotopic (exact) mass is 331 g/mol. The second-order valence-corrected chi connectivity index (χ2v) is 6.09. The first-order chi connectivity index (χ1) is 11.6. The number of hydrogen-bond donors (Lipinski definition) is 1. The molecule has 1 saturated carbocycles. The molecule has 126 valence electrons. The molecule has 0 aromatic heterocycles. The minimum Gasteiger partial charge on any atom is -0.395 e. The van der Waals surface area contributed by atoms with Crippen molar-refractivity contribution in [3.8, 4) is 0 Å². The van der Waals surface area contributed by atoms with E-state index in [1.54, 1.807) is 4.90 Å². The molecule has 1 N–H and O–H groups in total. The van der Waals surface area contributed by atoms with Crippen LogP contribution in [0.5, 0.6) is 0 Å². The molecule has 0 radical (unpaired) electrons. The summed E-state index contributed by atoms with van der Waals surface area (Å²) in [6.07, 6.45) is 0.626. The Kier molecular flexibility index (Phi) is 4.90. The van der Waals surface area contributed by atoms with Crippen LogP contribution in [0, 0.1) is 17.6 Å². The van der Waals surface area contributed by atoms with Crippen LogP contribution >= 0.6 is 0 Å². The van der Waals surface area contributed by atoms with Gasteiger partial charge in [-0.25, -0.2) is 8.78 Å². The van der Waals surface area contributed by atoms with Crippen molar-refractivity contribution in [1.29, 1.82) is 0 Å². The Bertz CT molecular complexity index is 721. The maximum atomic E-state index is 13.4. The third-order valence-electron chi connectivity index (χ3n) is 4.38. The first-order valence-corrected chi connectivity index (χ1v) is 7.98. The van der Waals surface area contributed by atoms with E-state index in [0.717, 1.165) is 11.6 Å². The lowest BCUT2D eigenvalue weighted by molar-refractivity contribution is -0.133. The average Bonchev–Trinajstić information content (AvgIpc) is 3.38. The number of hydrogen-bond acceptors (Lipinski definition) is 2. The van der Waals surface area contributed by atoms with Gasteiger partial charge < -0.3 is 10.0 Å². The second kappa shape index (κ2) is 7.09. The van der Waals surface area contributed by atoms with Crippen molar-refractivity contribution < 1.29 is 18.7 Å². The maximum absolute atomic E-state index is 13.4. The number of rotatable bonds is 6. The van der Waals surface area contributed by atoms with Gasteiger partial charge in [-0.2, -0.15) is 0 Å². The van der Waals surface area contributed by atoms with Crippen LogP contribution in [-0.2, 0) is 11.3 Å². The number of aliphatic hydroxyl groups is 1. The first kappa shape index (κ1) is 16.6. The number of halogens is 2. The molecule has 0 heterocycles. The van der Waals surface area contributed by atoms with Crippen LogP contribution in [0.1, 0.15) is 23.5 Å². The largest absolute Gasteiger partial charge is 0.395 e. The summed E-state index contributed by atoms with van der Waals surface area (Å²) in [7, 11) is 0. The van der Waals surface area contributed by atoms with Crippen LogP contribution in [0.25, 0.3) is 0 Å². The van der Waals surface area contributed by atoms with E-state index in [2.05, 4.69) is 0 Å². The highest BCUT2D eigenvalue weighted by Gasteiger charge is 2.45. The number of aliphatic hydroxyl groups excluding tert-OH is 1. The van der Waals surface area contributed by atoms with Crippen LogP contribution in [0.3, 0.4) is 0 Å². The predicted octanol–water partition coefficient (Wildman–Crippen LogP) is 3.09. The standard InChI is InChI=1S/C19H19F2NO2/c20-17-7-6-14(10-18(17)21)15-11-16(15)19(24)22(8-9-23)12-13-4-2-1-3-5-13/h1-7,10,15-16,23H,8-9,11-12H2. The number of carbonyl (C=O) groups is 1. The van der Waals surface area contributed by atoms with Crippen molar-refractivity contribution in [3.05, 3.63) is 71.3 Å². The maximum Gasteiger partial charge on any atom is 0.226 e. The zero-order chi connectivity index (χ0) is 17.1. The molecule has 2 aromatic carbocycles. The quantitative estimate of drug-likeness (QED) is 0.884. The summed E-state index contributed by atoms with van der Waals surface area (Å²) in [5, 5.41) is 9.23. The summed E-state index contributed by atoms with van der Waals surface area (Å²) < 4.78 is 26.4. The Morgan fingerprint density at radius 2 is 1.88 bits per heavy atom. The van der Waals surface area contributed by atoms with Crippen molar-refractivity contribution in [1.82, 2.24) is 4.90 Å². The Morgan fingerprint density at radius 3 is 2.54 bits per heavy atom. The van der Waals surface area contributed by atoms with E-state index < -0.39 is 11.6 Å². The predicted molar refractivity (Wildman–Crippen MR) is 86.2 cm³/mol. The highest BCUT2D eigenvalue weighted by Crippen LogP contribution is 2.48. The van der Waals surface area contributed by atoms with Gasteiger partial charge in [-0.1, -0.05) is 36.4 Å². The number of carbonyl (C=O) groups excluding carboxylic acids is 1. The van der Waals surface area contributed by atoms with Gasteiger partial charge in [0.2, 0.25) is 5.91 Å². The van der Waals surface area contributed by atoms with E-state index in [9.17, 15) is 18.7 Å². The molecule has 2 aromatic rings. The summed E-state index contributed by atoms with van der Waals surface area (Å²) >= 11 is 0. The minimum atomic E-state index is -0.887. The van der Waals surface area contributed by atoms with E-state index in [-0.39, 0.29) is 30.9 Å². The van der Waals surface area contributed by atoms with E-state index >= 15 is 0 Å². The highest BCUT2D eigenvalue weighted by atomic mass is 19.2. The molecule has 0 spiro atoms. The molecule has 0 bridgehead atoms. The molecule has 1 aliphatic carbocycles. The topological polar surface area (TPSA) is 40.5 Å². The van der Waals surface area contributed by atoms with Crippen LogP contribution in [0.4, 0.5) is 8.78 Å². The average molecular weight is 331 g/mol. The molecular formula is C19H19F2NO2. The summed E-state index contributed by atoms with van der Waals surface area (Å²) in [5.74, 6) is -2.13. The molecule has 1 amide bonds. The molecule has 3 nitrogen and oxygen atoms in total. The molecule has 1 fully saturated rings. The molecular weight excluding hydrogens is 312 g/mol. The fourth-order valence-electron chi connectivity index (χ4n) is 3.01. The Morgan fingerprint density at radius 1 is 1.12 bits per heavy atom. The number of benzene rings is 2. The van der Waals surface area contributed by atoms with Crippen molar-refractivity contribution in [2.75, 3.05) is 13.2 Å². The highest BCUT2D eigenvalue weighted by molar-refractivity contribution is 5.83. The fourth-order valence-corrected chi connectivity index (χ4v) is 3.01. The van der Waals surface area contributed by atoms with Crippen LogP contribution < -0.4 is 0 Å². The summed E-state index contributed by atoms with van der Waals surface area (Å²) in [4.78, 5) is 14.3. The van der Waals surface area contributed by atoms with Crippen molar-refractivity contribution >= 4 is 5.91 Å². The zero-order valence-electron chi connectivity index (χ0n) is 13.2. The molecule has 3 rings (SSSR count). The lowest BCUT2D eigenvalue weighted by atomic mass is 10.1. The lowest BCUT2D eigenvalue weighted by Gasteiger charge is -2.22. The van der Waals surface area contributed by atoms with E-state index in [0.29, 0.717) is 18.5 Å². The molecule has 5 heteroatoms. The van der Waals surface area contributed by atoms with Gasteiger partial charge in [0.05, 0.1) is 6.61 Å². The van der Waals surface area contributed by atoms with Crippen LogP contribution in [-0.4, -0.2) is 29.1 Å². The van der Waals surface area contributed by atoms with Gasteiger partial charge in [0.15, 0.2) is 11.6 Å². The van der Waals surface area contributed by atoms with Gasteiger partial charge in [-0.15, -0.1) is 0 Å². The molecule has 0 saturated heterocycles.